The third-order valence-electron chi connectivity index (χ3n) is 3.21. The lowest BCUT2D eigenvalue weighted by atomic mass is 10.0. The number of nitrogens with one attached hydrogen (secondary N) is 1. The minimum absolute atomic E-state index is 0.575. The van der Waals surface area contributed by atoms with Crippen LogP contribution in [-0.4, -0.2) is 39.3 Å². The highest BCUT2D eigenvalue weighted by molar-refractivity contribution is 5.44. The maximum absolute atomic E-state index is 5.48. The summed E-state index contributed by atoms with van der Waals surface area (Å²) in [5, 5.41) is 7.60. The van der Waals surface area contributed by atoms with E-state index < -0.39 is 0 Å². The van der Waals surface area contributed by atoms with Gasteiger partial charge < -0.3 is 10.1 Å². The van der Waals surface area contributed by atoms with Gasteiger partial charge in [0.25, 0.3) is 5.78 Å². The molecule has 18 heavy (non-hydrogen) atoms. The van der Waals surface area contributed by atoms with Crippen molar-refractivity contribution in [1.29, 1.82) is 0 Å². The molecule has 3 rings (SSSR count). The van der Waals surface area contributed by atoms with Gasteiger partial charge in [-0.05, 0) is 25.7 Å². The van der Waals surface area contributed by atoms with Gasteiger partial charge in [-0.15, -0.1) is 0 Å². The van der Waals surface area contributed by atoms with Crippen molar-refractivity contribution in [3.05, 3.63) is 18.1 Å². The third kappa shape index (κ3) is 2.28. The van der Waals surface area contributed by atoms with Gasteiger partial charge in [0, 0.05) is 24.9 Å². The molecule has 6 nitrogen and oxygen atoms in total. The summed E-state index contributed by atoms with van der Waals surface area (Å²) >= 11 is 0. The second-order valence-corrected chi connectivity index (χ2v) is 4.72. The molecule has 2 aromatic rings. The molecule has 1 aliphatic heterocycles. The van der Waals surface area contributed by atoms with Gasteiger partial charge in [0.05, 0.1) is 6.61 Å². The highest BCUT2D eigenvalue weighted by Crippen LogP contribution is 2.16. The molecule has 0 bridgehead atoms. The number of nitrogens with zero attached hydrogens (tertiary/aromatic N) is 4. The molecule has 1 N–H and O–H groups in total. The minimum Gasteiger partial charge on any atom is -0.381 e. The molecule has 0 amide bonds. The van der Waals surface area contributed by atoms with Crippen LogP contribution in [0.25, 0.3) is 5.78 Å². The quantitative estimate of drug-likeness (QED) is 0.885. The first-order chi connectivity index (χ1) is 8.83. The standard InChI is InChI=1S/C12H17N5O/c1-9-5-11(17-12(16-9)14-8-15-17)13-6-10-3-2-4-18-7-10/h5,8,10,13H,2-4,6-7H2,1H3. The lowest BCUT2D eigenvalue weighted by Crippen LogP contribution is -2.25. The number of aryl methyl sites for hydroxylation is 1. The van der Waals surface area contributed by atoms with Crippen molar-refractivity contribution < 1.29 is 4.74 Å². The van der Waals surface area contributed by atoms with E-state index in [2.05, 4.69) is 20.4 Å². The molecule has 2 aromatic heterocycles. The summed E-state index contributed by atoms with van der Waals surface area (Å²) in [7, 11) is 0. The average molecular weight is 247 g/mol. The molecular weight excluding hydrogens is 230 g/mol. The highest BCUT2D eigenvalue weighted by atomic mass is 16.5. The molecule has 1 atom stereocenters. The minimum atomic E-state index is 0.575. The fourth-order valence-corrected chi connectivity index (χ4v) is 2.27. The fraction of sp³-hybridized carbons (Fsp3) is 0.583. The first-order valence-electron chi connectivity index (χ1n) is 6.32. The Morgan fingerprint density at radius 3 is 3.33 bits per heavy atom. The average Bonchev–Trinajstić information content (AvgIpc) is 2.85. The zero-order chi connectivity index (χ0) is 12.4. The second-order valence-electron chi connectivity index (χ2n) is 4.72. The molecule has 0 spiro atoms. The predicted octanol–water partition coefficient (Wildman–Crippen LogP) is 1.27. The van der Waals surface area contributed by atoms with Crippen LogP contribution in [0, 0.1) is 12.8 Å². The number of ether oxygens (including phenoxy) is 1. The Bertz CT molecular complexity index is 532. The number of aromatic nitrogens is 4. The number of hydrogen-bond donors (Lipinski definition) is 1. The van der Waals surface area contributed by atoms with E-state index in [-0.39, 0.29) is 0 Å². The van der Waals surface area contributed by atoms with Crippen LogP contribution < -0.4 is 5.32 Å². The maximum Gasteiger partial charge on any atom is 0.254 e. The van der Waals surface area contributed by atoms with E-state index >= 15 is 0 Å². The van der Waals surface area contributed by atoms with E-state index in [4.69, 9.17) is 4.74 Å². The molecule has 0 aromatic carbocycles. The van der Waals surface area contributed by atoms with Crippen molar-refractivity contribution in [2.45, 2.75) is 19.8 Å². The van der Waals surface area contributed by atoms with Gasteiger partial charge in [-0.25, -0.2) is 4.98 Å². The van der Waals surface area contributed by atoms with Crippen LogP contribution >= 0.6 is 0 Å². The van der Waals surface area contributed by atoms with Crippen LogP contribution in [0.1, 0.15) is 18.5 Å². The molecule has 0 aliphatic carbocycles. The summed E-state index contributed by atoms with van der Waals surface area (Å²) in [6.07, 6.45) is 3.90. The van der Waals surface area contributed by atoms with Crippen molar-refractivity contribution in [1.82, 2.24) is 19.6 Å². The number of anilines is 1. The molecule has 6 heteroatoms. The summed E-state index contributed by atoms with van der Waals surface area (Å²) in [4.78, 5) is 8.43. The largest absolute Gasteiger partial charge is 0.381 e. The molecule has 1 fully saturated rings. The van der Waals surface area contributed by atoms with Crippen LogP contribution in [-0.2, 0) is 4.74 Å². The molecule has 0 saturated carbocycles. The maximum atomic E-state index is 5.48. The molecule has 1 saturated heterocycles. The second kappa shape index (κ2) is 4.89. The van der Waals surface area contributed by atoms with Crippen molar-refractivity contribution >= 4 is 11.6 Å². The molecular formula is C12H17N5O. The lowest BCUT2D eigenvalue weighted by molar-refractivity contribution is 0.0594. The van der Waals surface area contributed by atoms with Crippen molar-refractivity contribution in [2.75, 3.05) is 25.1 Å². The monoisotopic (exact) mass is 247 g/mol. The van der Waals surface area contributed by atoms with Gasteiger partial charge in [-0.1, -0.05) is 0 Å². The first-order valence-corrected chi connectivity index (χ1v) is 6.32. The Kier molecular flexibility index (Phi) is 3.10. The Morgan fingerprint density at radius 1 is 1.56 bits per heavy atom. The van der Waals surface area contributed by atoms with E-state index in [1.165, 1.54) is 12.7 Å². The fourth-order valence-electron chi connectivity index (χ4n) is 2.27. The Balaban J connectivity index is 1.75. The van der Waals surface area contributed by atoms with Gasteiger partial charge in [-0.2, -0.15) is 14.6 Å². The summed E-state index contributed by atoms with van der Waals surface area (Å²) in [5.41, 5.74) is 0.942. The van der Waals surface area contributed by atoms with Gasteiger partial charge >= 0.3 is 0 Å². The zero-order valence-electron chi connectivity index (χ0n) is 10.5. The topological polar surface area (TPSA) is 64.3 Å². The lowest BCUT2D eigenvalue weighted by Gasteiger charge is -2.22. The van der Waals surface area contributed by atoms with Crippen molar-refractivity contribution in [3.63, 3.8) is 0 Å². The molecule has 1 unspecified atom stereocenters. The van der Waals surface area contributed by atoms with Crippen LogP contribution in [0.15, 0.2) is 12.4 Å². The molecule has 96 valence electrons. The van der Waals surface area contributed by atoms with Crippen LogP contribution in [0.4, 0.5) is 5.82 Å². The van der Waals surface area contributed by atoms with Crippen LogP contribution in [0.2, 0.25) is 0 Å². The van der Waals surface area contributed by atoms with E-state index in [1.54, 1.807) is 4.52 Å². The van der Waals surface area contributed by atoms with Crippen molar-refractivity contribution in [3.8, 4) is 0 Å². The molecule has 0 radical (unpaired) electrons. The predicted molar refractivity (Wildman–Crippen MR) is 67.6 cm³/mol. The molecule has 1 aliphatic rings. The van der Waals surface area contributed by atoms with Gasteiger partial charge in [0.15, 0.2) is 0 Å². The normalized spacial score (nSPS) is 20.2. The SMILES string of the molecule is Cc1cc(NCC2CCCOC2)n2ncnc2n1. The van der Waals surface area contributed by atoms with E-state index in [9.17, 15) is 0 Å². The smallest absolute Gasteiger partial charge is 0.254 e. The van der Waals surface area contributed by atoms with Crippen LogP contribution in [0.5, 0.6) is 0 Å². The number of fused-ring (bicyclic) bond motifs is 1. The molecule has 3 heterocycles. The van der Waals surface area contributed by atoms with Gasteiger partial charge in [-0.3, -0.25) is 0 Å². The number of rotatable bonds is 3. The van der Waals surface area contributed by atoms with E-state index in [0.717, 1.165) is 37.7 Å². The summed E-state index contributed by atoms with van der Waals surface area (Å²) in [6, 6.07) is 1.99. The summed E-state index contributed by atoms with van der Waals surface area (Å²) in [5.74, 6) is 2.16. The summed E-state index contributed by atoms with van der Waals surface area (Å²) in [6.45, 7) is 4.61. The third-order valence-corrected chi connectivity index (χ3v) is 3.21. The Morgan fingerprint density at radius 2 is 2.50 bits per heavy atom. The summed E-state index contributed by atoms with van der Waals surface area (Å²) < 4.78 is 7.21. The first kappa shape index (κ1) is 11.4. The zero-order valence-corrected chi connectivity index (χ0v) is 10.5. The van der Waals surface area contributed by atoms with Crippen molar-refractivity contribution in [2.24, 2.45) is 5.92 Å². The Labute approximate surface area is 105 Å². The Hall–Kier alpha value is -1.69. The van der Waals surface area contributed by atoms with Gasteiger partial charge in [0.1, 0.15) is 12.1 Å². The van der Waals surface area contributed by atoms with Crippen LogP contribution in [0.3, 0.4) is 0 Å². The van der Waals surface area contributed by atoms with E-state index in [1.807, 2.05) is 13.0 Å². The van der Waals surface area contributed by atoms with E-state index in [0.29, 0.717) is 11.7 Å². The highest BCUT2D eigenvalue weighted by Gasteiger charge is 2.14. The van der Waals surface area contributed by atoms with Gasteiger partial charge in [0.2, 0.25) is 0 Å². The number of hydrogen-bond acceptors (Lipinski definition) is 5.